The lowest BCUT2D eigenvalue weighted by molar-refractivity contribution is -0.131. The van der Waals surface area contributed by atoms with Crippen LogP contribution < -0.4 is 16.0 Å². The minimum atomic E-state index is -0.808. The maximum absolute atomic E-state index is 12.8. The van der Waals surface area contributed by atoms with E-state index in [2.05, 4.69) is 16.0 Å². The first-order valence-corrected chi connectivity index (χ1v) is 11.0. The highest BCUT2D eigenvalue weighted by Gasteiger charge is 2.27. The third kappa shape index (κ3) is 9.60. The fourth-order valence-corrected chi connectivity index (χ4v) is 3.30. The van der Waals surface area contributed by atoms with Crippen LogP contribution >= 0.6 is 11.8 Å². The van der Waals surface area contributed by atoms with Gasteiger partial charge in [-0.15, -0.1) is 0 Å². The number of hydrogen-bond acceptors (Lipinski definition) is 5. The monoisotopic (exact) mass is 420 g/mol. The van der Waals surface area contributed by atoms with E-state index in [1.54, 1.807) is 11.8 Å². The number of benzene rings is 1. The van der Waals surface area contributed by atoms with Gasteiger partial charge in [-0.05, 0) is 36.3 Å². The van der Waals surface area contributed by atoms with Gasteiger partial charge in [-0.1, -0.05) is 44.2 Å². The van der Waals surface area contributed by atoms with Crippen molar-refractivity contribution in [3.8, 4) is 0 Å². The average Bonchev–Trinajstić information content (AvgIpc) is 2.70. The molecule has 3 amide bonds. The van der Waals surface area contributed by atoms with Gasteiger partial charge in [-0.2, -0.15) is 11.8 Å². The predicted molar refractivity (Wildman–Crippen MR) is 115 cm³/mol. The molecule has 0 unspecified atom stereocenters. The molecule has 159 valence electrons. The molecule has 0 aliphatic carbocycles. The molecule has 3 atom stereocenters. The second kappa shape index (κ2) is 13.8. The molecule has 8 heteroatoms. The molecular weight excluding hydrogens is 390 g/mol. The van der Waals surface area contributed by atoms with Gasteiger partial charge in [0.1, 0.15) is 12.1 Å². The normalized spacial score (nSPS) is 13.8. The lowest BCUT2D eigenvalue weighted by Crippen LogP contribution is -2.55. The largest absolute Gasteiger partial charge is 0.347 e. The van der Waals surface area contributed by atoms with Crippen LogP contribution in [0.2, 0.25) is 0 Å². The standard InChI is InChI=1S/C21H30N3O4S/c1-15(2)11-19(24-20(27)18(22-14-26)9-10-29-3)21(28)23-17(13-25)12-16-7-5-4-6-8-16/h4-8,14-15,17-19H,9-12H2,1-3H3,(H,22,26)(H,23,28)(H,24,27)/t17-,18-,19-/m0/s1. The van der Waals surface area contributed by atoms with E-state index in [0.717, 1.165) is 5.56 Å². The summed E-state index contributed by atoms with van der Waals surface area (Å²) >= 11 is 1.56. The van der Waals surface area contributed by atoms with Gasteiger partial charge in [0.05, 0.1) is 6.04 Å². The van der Waals surface area contributed by atoms with Crippen LogP contribution in [0.15, 0.2) is 30.3 Å². The van der Waals surface area contributed by atoms with Crippen LogP contribution in [-0.4, -0.2) is 54.6 Å². The van der Waals surface area contributed by atoms with Gasteiger partial charge < -0.3 is 16.0 Å². The molecule has 0 aliphatic heterocycles. The maximum Gasteiger partial charge on any atom is 0.243 e. The minimum Gasteiger partial charge on any atom is -0.347 e. The molecule has 1 aromatic carbocycles. The van der Waals surface area contributed by atoms with Crippen molar-refractivity contribution in [3.05, 3.63) is 35.9 Å². The molecule has 0 aliphatic rings. The van der Waals surface area contributed by atoms with E-state index in [1.807, 2.05) is 56.7 Å². The van der Waals surface area contributed by atoms with E-state index >= 15 is 0 Å². The van der Waals surface area contributed by atoms with Crippen LogP contribution in [0.5, 0.6) is 0 Å². The number of hydrogen-bond donors (Lipinski definition) is 3. The zero-order valence-corrected chi connectivity index (χ0v) is 18.0. The Balaban J connectivity index is 2.80. The Morgan fingerprint density at radius 2 is 1.76 bits per heavy atom. The fraction of sp³-hybridized carbons (Fsp3) is 0.524. The van der Waals surface area contributed by atoms with E-state index in [-0.39, 0.29) is 5.92 Å². The van der Waals surface area contributed by atoms with Crippen molar-refractivity contribution in [3.63, 3.8) is 0 Å². The fourth-order valence-electron chi connectivity index (χ4n) is 2.83. The highest BCUT2D eigenvalue weighted by molar-refractivity contribution is 7.98. The summed E-state index contributed by atoms with van der Waals surface area (Å²) in [4.78, 5) is 47.5. The summed E-state index contributed by atoms with van der Waals surface area (Å²) in [5.41, 5.74) is 0.901. The van der Waals surface area contributed by atoms with Gasteiger partial charge in [0, 0.05) is 6.42 Å². The number of nitrogens with one attached hydrogen (secondary N) is 3. The van der Waals surface area contributed by atoms with E-state index in [9.17, 15) is 19.2 Å². The summed E-state index contributed by atoms with van der Waals surface area (Å²) in [7, 11) is 0. The molecule has 0 saturated carbocycles. The zero-order chi connectivity index (χ0) is 21.6. The Labute approximate surface area is 176 Å². The molecule has 0 bridgehead atoms. The lowest BCUT2D eigenvalue weighted by Gasteiger charge is -2.24. The third-order valence-corrected chi connectivity index (χ3v) is 4.92. The number of amides is 3. The molecule has 29 heavy (non-hydrogen) atoms. The maximum atomic E-state index is 12.8. The second-order valence-corrected chi connectivity index (χ2v) is 8.16. The van der Waals surface area contributed by atoms with Gasteiger partial charge in [0.2, 0.25) is 24.5 Å². The van der Waals surface area contributed by atoms with Crippen molar-refractivity contribution in [2.75, 3.05) is 12.0 Å². The lowest BCUT2D eigenvalue weighted by atomic mass is 10.0. The highest BCUT2D eigenvalue weighted by Crippen LogP contribution is 2.08. The summed E-state index contributed by atoms with van der Waals surface area (Å²) in [6, 6.07) is 7.00. The zero-order valence-electron chi connectivity index (χ0n) is 17.1. The first-order valence-electron chi connectivity index (χ1n) is 9.62. The molecule has 7 nitrogen and oxygen atoms in total. The first-order chi connectivity index (χ1) is 13.9. The Morgan fingerprint density at radius 3 is 2.31 bits per heavy atom. The molecule has 0 saturated heterocycles. The van der Waals surface area contributed by atoms with Gasteiger partial charge >= 0.3 is 0 Å². The van der Waals surface area contributed by atoms with Crippen LogP contribution in [0, 0.1) is 5.92 Å². The molecule has 0 fully saturated rings. The van der Waals surface area contributed by atoms with Crippen LogP contribution in [0.4, 0.5) is 0 Å². The summed E-state index contributed by atoms with van der Waals surface area (Å²) in [5, 5.41) is 7.89. The predicted octanol–water partition coefficient (Wildman–Crippen LogP) is 1.22. The summed E-state index contributed by atoms with van der Waals surface area (Å²) in [5.74, 6) is -0.0191. The number of rotatable bonds is 14. The topological polar surface area (TPSA) is 104 Å². The van der Waals surface area contributed by atoms with Crippen molar-refractivity contribution in [2.45, 2.75) is 51.2 Å². The molecule has 0 spiro atoms. The summed E-state index contributed by atoms with van der Waals surface area (Å²) in [6.07, 6.45) is 5.44. The van der Waals surface area contributed by atoms with E-state index in [4.69, 9.17) is 0 Å². The summed E-state index contributed by atoms with van der Waals surface area (Å²) < 4.78 is 0. The molecular formula is C21H30N3O4S. The van der Waals surface area contributed by atoms with E-state index in [1.165, 1.54) is 0 Å². The van der Waals surface area contributed by atoms with Crippen LogP contribution in [0.3, 0.4) is 0 Å². The van der Waals surface area contributed by atoms with E-state index < -0.39 is 29.9 Å². The first kappa shape index (κ1) is 24.7. The number of carbonyl (C=O) groups excluding carboxylic acids is 4. The van der Waals surface area contributed by atoms with E-state index in [0.29, 0.717) is 31.4 Å². The quantitative estimate of drug-likeness (QED) is 0.393. The van der Waals surface area contributed by atoms with Crippen molar-refractivity contribution in [1.82, 2.24) is 16.0 Å². The molecule has 0 heterocycles. The van der Waals surface area contributed by atoms with Gasteiger partial charge in [-0.25, -0.2) is 0 Å². The van der Waals surface area contributed by atoms with Crippen LogP contribution in [-0.2, 0) is 25.6 Å². The smallest absolute Gasteiger partial charge is 0.243 e. The minimum absolute atomic E-state index is 0.141. The second-order valence-electron chi connectivity index (χ2n) is 7.18. The van der Waals surface area contributed by atoms with Gasteiger partial charge in [0.15, 0.2) is 0 Å². The Hall–Kier alpha value is -2.35. The molecule has 0 aromatic heterocycles. The Bertz CT molecular complexity index is 655. The van der Waals surface area contributed by atoms with Crippen molar-refractivity contribution in [2.24, 2.45) is 5.92 Å². The van der Waals surface area contributed by atoms with Gasteiger partial charge in [0.25, 0.3) is 0 Å². The van der Waals surface area contributed by atoms with Crippen molar-refractivity contribution >= 4 is 36.3 Å². The third-order valence-electron chi connectivity index (χ3n) is 4.28. The number of carbonyl (C=O) groups is 3. The van der Waals surface area contributed by atoms with Crippen LogP contribution in [0.1, 0.15) is 32.3 Å². The highest BCUT2D eigenvalue weighted by atomic mass is 32.2. The Kier molecular flexibility index (Phi) is 11.7. The Morgan fingerprint density at radius 1 is 1.10 bits per heavy atom. The number of thioether (sulfide) groups is 1. The molecule has 3 N–H and O–H groups in total. The van der Waals surface area contributed by atoms with Gasteiger partial charge in [-0.3, -0.25) is 19.2 Å². The van der Waals surface area contributed by atoms with Crippen molar-refractivity contribution in [1.29, 1.82) is 0 Å². The SMILES string of the molecule is CSCC[C@H](NC=O)C(=O)N[C@@H](CC(C)C)C(=O)N[C@H]([C]=O)Cc1ccccc1. The van der Waals surface area contributed by atoms with Crippen LogP contribution in [0.25, 0.3) is 0 Å². The average molecular weight is 421 g/mol. The molecule has 1 aromatic rings. The summed E-state index contributed by atoms with van der Waals surface area (Å²) in [6.45, 7) is 3.88. The molecule has 1 rings (SSSR count). The van der Waals surface area contributed by atoms with Crippen molar-refractivity contribution < 1.29 is 19.2 Å². The molecule has 1 radical (unpaired) electrons.